The van der Waals surface area contributed by atoms with Crippen molar-refractivity contribution in [1.29, 1.82) is 0 Å². The molecule has 0 spiro atoms. The normalized spacial score (nSPS) is 13.7. The molecule has 0 atom stereocenters. The van der Waals surface area contributed by atoms with Gasteiger partial charge < -0.3 is 4.57 Å². The molecule has 0 unspecified atom stereocenters. The van der Waals surface area contributed by atoms with Crippen LogP contribution in [0.1, 0.15) is 24.7 Å². The number of aromatic nitrogens is 5. The van der Waals surface area contributed by atoms with Gasteiger partial charge in [-0.1, -0.05) is 17.9 Å². The summed E-state index contributed by atoms with van der Waals surface area (Å²) in [5.41, 5.74) is 5.00. The number of para-hydroxylation sites is 2. The maximum Gasteiger partial charge on any atom is 0.329 e. The van der Waals surface area contributed by atoms with Crippen molar-refractivity contribution < 1.29 is 8.78 Å². The second-order valence-corrected chi connectivity index (χ2v) is 7.07. The van der Waals surface area contributed by atoms with Gasteiger partial charge in [0.05, 0.1) is 41.4 Å². The molecule has 5 rings (SSSR count). The van der Waals surface area contributed by atoms with Crippen LogP contribution in [0.15, 0.2) is 65.4 Å². The number of rotatable bonds is 5. The summed E-state index contributed by atoms with van der Waals surface area (Å²) in [6, 6.07) is 9.57. The number of imidazole rings is 2. The number of fused-ring (bicyclic) bond motifs is 2. The highest BCUT2D eigenvalue weighted by atomic mass is 19.3. The number of hydrogen-bond donors (Lipinski definition) is 0. The smallest absolute Gasteiger partial charge is 0.322 e. The van der Waals surface area contributed by atoms with Crippen molar-refractivity contribution in [2.24, 2.45) is 0 Å². The van der Waals surface area contributed by atoms with Crippen LogP contribution in [0, 0.1) is 0 Å². The van der Waals surface area contributed by atoms with Gasteiger partial charge in [0, 0.05) is 12.2 Å². The van der Waals surface area contributed by atoms with Crippen molar-refractivity contribution in [2.75, 3.05) is 0 Å². The zero-order valence-corrected chi connectivity index (χ0v) is 15.4. The van der Waals surface area contributed by atoms with E-state index >= 15 is 0 Å². The van der Waals surface area contributed by atoms with Crippen LogP contribution in [0.3, 0.4) is 0 Å². The summed E-state index contributed by atoms with van der Waals surface area (Å²) in [6.45, 7) is 0.409. The van der Waals surface area contributed by atoms with Crippen LogP contribution in [0.2, 0.25) is 0 Å². The predicted octanol–water partition coefficient (Wildman–Crippen LogP) is 3.87. The lowest BCUT2D eigenvalue weighted by molar-refractivity contribution is 0.423. The largest absolute Gasteiger partial charge is 0.329 e. The molecule has 3 aromatic heterocycles. The minimum absolute atomic E-state index is 0.0978. The van der Waals surface area contributed by atoms with Crippen molar-refractivity contribution in [3.8, 4) is 0 Å². The third kappa shape index (κ3) is 3.07. The lowest BCUT2D eigenvalue weighted by atomic mass is 10.3. The maximum atomic E-state index is 13.1. The first kappa shape index (κ1) is 17.6. The highest BCUT2D eigenvalue weighted by Crippen LogP contribution is 2.36. The molecule has 29 heavy (non-hydrogen) atoms. The molecule has 3 heterocycles. The Morgan fingerprint density at radius 2 is 1.97 bits per heavy atom. The average molecular weight is 393 g/mol. The molecule has 1 aromatic carbocycles. The average Bonchev–Trinajstić information content (AvgIpc) is 3.43. The van der Waals surface area contributed by atoms with Gasteiger partial charge in [-0.3, -0.25) is 14.1 Å². The van der Waals surface area contributed by atoms with Gasteiger partial charge in [-0.2, -0.15) is 8.78 Å². The van der Waals surface area contributed by atoms with Gasteiger partial charge in [0.25, 0.3) is 0 Å². The summed E-state index contributed by atoms with van der Waals surface area (Å²) in [4.78, 5) is 22.0. The maximum absolute atomic E-state index is 13.1. The zero-order chi connectivity index (χ0) is 20.0. The van der Waals surface area contributed by atoms with E-state index in [-0.39, 0.29) is 24.8 Å². The first-order valence-electron chi connectivity index (χ1n) is 9.38. The molecule has 6 nitrogen and oxygen atoms in total. The number of halogens is 2. The Morgan fingerprint density at radius 3 is 2.76 bits per heavy atom. The molecule has 0 N–H and O–H groups in total. The molecule has 0 aliphatic heterocycles. The van der Waals surface area contributed by atoms with Gasteiger partial charge in [-0.05, 0) is 37.1 Å². The van der Waals surface area contributed by atoms with E-state index in [4.69, 9.17) is 0 Å². The van der Waals surface area contributed by atoms with Crippen molar-refractivity contribution in [3.05, 3.63) is 76.9 Å². The van der Waals surface area contributed by atoms with E-state index in [1.165, 1.54) is 6.08 Å². The molecule has 4 aromatic rings. The van der Waals surface area contributed by atoms with Crippen LogP contribution in [-0.2, 0) is 13.1 Å². The SMILES string of the molecule is O=c1n(Cc2nc3ccccc3n2CC=C=C(F)F)c2cnccc2n1C1CC1. The van der Waals surface area contributed by atoms with E-state index in [1.807, 2.05) is 45.2 Å². The molecular formula is C21H17F2N5O. The molecule has 0 amide bonds. The summed E-state index contributed by atoms with van der Waals surface area (Å²) >= 11 is 0. The number of pyridine rings is 1. The summed E-state index contributed by atoms with van der Waals surface area (Å²) < 4.78 is 30.2. The summed E-state index contributed by atoms with van der Waals surface area (Å²) in [5, 5.41) is 0. The summed E-state index contributed by atoms with van der Waals surface area (Å²) in [7, 11) is 0. The molecule has 1 fully saturated rings. The van der Waals surface area contributed by atoms with Gasteiger partial charge in [0.1, 0.15) is 5.82 Å². The van der Waals surface area contributed by atoms with Crippen LogP contribution < -0.4 is 5.69 Å². The monoisotopic (exact) mass is 393 g/mol. The number of nitrogens with zero attached hydrogens (tertiary/aromatic N) is 5. The molecule has 146 valence electrons. The molecule has 1 aliphatic rings. The Bertz CT molecular complexity index is 1350. The molecular weight excluding hydrogens is 376 g/mol. The molecule has 0 saturated heterocycles. The minimum Gasteiger partial charge on any atom is -0.322 e. The topological polar surface area (TPSA) is 57.6 Å². The Hall–Kier alpha value is -3.51. The highest BCUT2D eigenvalue weighted by Gasteiger charge is 2.29. The number of hydrogen-bond acceptors (Lipinski definition) is 3. The van der Waals surface area contributed by atoms with Gasteiger partial charge in [-0.15, -0.1) is 0 Å². The Labute approximate surface area is 164 Å². The Kier molecular flexibility index (Phi) is 4.14. The molecule has 8 heteroatoms. The van der Waals surface area contributed by atoms with E-state index in [9.17, 15) is 13.6 Å². The van der Waals surface area contributed by atoms with E-state index in [1.54, 1.807) is 17.0 Å². The fourth-order valence-corrected chi connectivity index (χ4v) is 3.77. The van der Waals surface area contributed by atoms with Crippen LogP contribution in [0.25, 0.3) is 22.1 Å². The predicted molar refractivity (Wildman–Crippen MR) is 105 cm³/mol. The summed E-state index contributed by atoms with van der Waals surface area (Å²) in [6.07, 6.45) is 4.75. The lowest BCUT2D eigenvalue weighted by Gasteiger charge is -2.07. The third-order valence-electron chi connectivity index (χ3n) is 5.20. The van der Waals surface area contributed by atoms with Crippen LogP contribution in [-0.4, -0.2) is 23.7 Å². The van der Waals surface area contributed by atoms with E-state index in [0.717, 1.165) is 34.9 Å². The first-order valence-corrected chi connectivity index (χ1v) is 9.38. The first-order chi connectivity index (χ1) is 14.1. The van der Waals surface area contributed by atoms with Gasteiger partial charge in [0.2, 0.25) is 0 Å². The van der Waals surface area contributed by atoms with E-state index < -0.39 is 6.08 Å². The van der Waals surface area contributed by atoms with Crippen LogP contribution in [0.4, 0.5) is 8.78 Å². The number of allylic oxidation sites excluding steroid dienone is 1. The molecule has 1 saturated carbocycles. The zero-order valence-electron chi connectivity index (χ0n) is 15.4. The Morgan fingerprint density at radius 1 is 1.14 bits per heavy atom. The van der Waals surface area contributed by atoms with Crippen LogP contribution >= 0.6 is 0 Å². The molecule has 1 aliphatic carbocycles. The Balaban J connectivity index is 1.65. The quantitative estimate of drug-likeness (QED) is 0.484. The third-order valence-corrected chi connectivity index (χ3v) is 5.20. The fraction of sp³-hybridized carbons (Fsp3) is 0.238. The molecule has 0 radical (unpaired) electrons. The lowest BCUT2D eigenvalue weighted by Crippen LogP contribution is -2.25. The van der Waals surface area contributed by atoms with E-state index in [2.05, 4.69) is 9.97 Å². The van der Waals surface area contributed by atoms with E-state index in [0.29, 0.717) is 5.82 Å². The minimum atomic E-state index is -1.87. The molecule has 0 bridgehead atoms. The van der Waals surface area contributed by atoms with Gasteiger partial charge in [-0.25, -0.2) is 9.78 Å². The standard InChI is InChI=1S/C21H17F2N5O/c22-19(23)6-3-11-26-16-5-2-1-4-15(16)25-20(26)13-27-18-12-24-10-9-17(18)28(21(27)29)14-7-8-14/h1-5,9-10,12,14H,7-8,11,13H2. The fourth-order valence-electron chi connectivity index (χ4n) is 3.77. The second kappa shape index (κ2) is 6.83. The number of benzene rings is 1. The van der Waals surface area contributed by atoms with Crippen molar-refractivity contribution in [3.63, 3.8) is 0 Å². The van der Waals surface area contributed by atoms with Crippen molar-refractivity contribution >= 4 is 22.1 Å². The van der Waals surface area contributed by atoms with Crippen LogP contribution in [0.5, 0.6) is 0 Å². The van der Waals surface area contributed by atoms with Crippen molar-refractivity contribution in [1.82, 2.24) is 23.7 Å². The van der Waals surface area contributed by atoms with Crippen molar-refractivity contribution in [2.45, 2.75) is 32.0 Å². The second-order valence-electron chi connectivity index (χ2n) is 7.07. The van der Waals surface area contributed by atoms with Gasteiger partial charge >= 0.3 is 11.8 Å². The highest BCUT2D eigenvalue weighted by molar-refractivity contribution is 5.77. The summed E-state index contributed by atoms with van der Waals surface area (Å²) in [5.74, 6) is 0.615. The van der Waals surface area contributed by atoms with Gasteiger partial charge in [0.15, 0.2) is 0 Å².